The molecule has 21 heavy (non-hydrogen) atoms. The highest BCUT2D eigenvalue weighted by molar-refractivity contribution is 5.20. The Morgan fingerprint density at radius 2 is 1.90 bits per heavy atom. The third kappa shape index (κ3) is 3.65. The quantitative estimate of drug-likeness (QED) is 0.866. The monoisotopic (exact) mass is 287 g/mol. The first-order chi connectivity index (χ1) is 10.1. The Hall–Kier alpha value is -0.900. The first-order valence-electron chi connectivity index (χ1n) is 8.34. The molecule has 3 atom stereocenters. The molecule has 3 heteroatoms. The molecule has 0 spiro atoms. The zero-order chi connectivity index (χ0) is 14.8. The predicted octanol–water partition coefficient (Wildman–Crippen LogP) is 2.36. The number of nitrogens with one attached hydrogen (secondary N) is 1. The standard InChI is InChI=1S/C18H29N3/c1-14-12-21(13-18(14)20(2)3)17(11-19-16-9-10-16)15-7-5-4-6-8-15/h4-8,14,16-19H,9-13H2,1-3H3. The summed E-state index contributed by atoms with van der Waals surface area (Å²) in [6.45, 7) is 5.86. The Bertz CT molecular complexity index is 441. The van der Waals surface area contributed by atoms with Crippen molar-refractivity contribution in [3.8, 4) is 0 Å². The molecule has 0 aromatic heterocycles. The average molecular weight is 287 g/mol. The van der Waals surface area contributed by atoms with E-state index in [0.29, 0.717) is 12.1 Å². The molecule has 1 aliphatic heterocycles. The minimum atomic E-state index is 0.513. The maximum atomic E-state index is 3.74. The number of hydrogen-bond donors (Lipinski definition) is 1. The Balaban J connectivity index is 1.72. The van der Waals surface area contributed by atoms with Crippen molar-refractivity contribution in [2.45, 2.75) is 37.9 Å². The van der Waals surface area contributed by atoms with Gasteiger partial charge in [0.05, 0.1) is 0 Å². The summed E-state index contributed by atoms with van der Waals surface area (Å²) in [5, 5.41) is 3.74. The summed E-state index contributed by atoms with van der Waals surface area (Å²) in [5.74, 6) is 0.743. The molecule has 2 aliphatic rings. The van der Waals surface area contributed by atoms with Crippen LogP contribution in [-0.2, 0) is 0 Å². The van der Waals surface area contributed by atoms with Gasteiger partial charge in [0.15, 0.2) is 0 Å². The lowest BCUT2D eigenvalue weighted by Gasteiger charge is -2.29. The molecule has 1 aliphatic carbocycles. The second kappa shape index (κ2) is 6.47. The predicted molar refractivity (Wildman–Crippen MR) is 88.4 cm³/mol. The van der Waals surface area contributed by atoms with Crippen LogP contribution in [0.25, 0.3) is 0 Å². The van der Waals surface area contributed by atoms with Gasteiger partial charge in [-0.25, -0.2) is 0 Å². The van der Waals surface area contributed by atoms with Gasteiger partial charge in [-0.2, -0.15) is 0 Å². The molecule has 1 heterocycles. The van der Waals surface area contributed by atoms with E-state index in [-0.39, 0.29) is 0 Å². The second-order valence-electron chi connectivity index (χ2n) is 7.07. The topological polar surface area (TPSA) is 18.5 Å². The van der Waals surface area contributed by atoms with Crippen LogP contribution in [0.3, 0.4) is 0 Å². The van der Waals surface area contributed by atoms with Crippen LogP contribution in [0.5, 0.6) is 0 Å². The Labute approximate surface area is 129 Å². The summed E-state index contributed by atoms with van der Waals surface area (Å²) in [6, 6.07) is 13.0. The van der Waals surface area contributed by atoms with Crippen LogP contribution in [0.1, 0.15) is 31.4 Å². The van der Waals surface area contributed by atoms with E-state index < -0.39 is 0 Å². The van der Waals surface area contributed by atoms with Gasteiger partial charge in [-0.05, 0) is 38.4 Å². The lowest BCUT2D eigenvalue weighted by Crippen LogP contribution is -2.38. The fourth-order valence-electron chi connectivity index (χ4n) is 3.61. The van der Waals surface area contributed by atoms with Crippen molar-refractivity contribution in [2.24, 2.45) is 5.92 Å². The third-order valence-corrected chi connectivity index (χ3v) is 5.07. The molecule has 1 N–H and O–H groups in total. The molecule has 3 unspecified atom stereocenters. The smallest absolute Gasteiger partial charge is 0.0473 e. The minimum Gasteiger partial charge on any atom is -0.312 e. The van der Waals surface area contributed by atoms with E-state index in [2.05, 4.69) is 66.5 Å². The van der Waals surface area contributed by atoms with Gasteiger partial charge in [0.25, 0.3) is 0 Å². The van der Waals surface area contributed by atoms with Gasteiger partial charge in [0.2, 0.25) is 0 Å². The van der Waals surface area contributed by atoms with Crippen LogP contribution < -0.4 is 5.32 Å². The first-order valence-corrected chi connectivity index (χ1v) is 8.34. The maximum Gasteiger partial charge on any atom is 0.0473 e. The lowest BCUT2D eigenvalue weighted by molar-refractivity contribution is 0.211. The highest BCUT2D eigenvalue weighted by Gasteiger charge is 2.35. The number of benzene rings is 1. The molecule has 0 bridgehead atoms. The average Bonchev–Trinajstić information content (AvgIpc) is 3.22. The molecule has 3 rings (SSSR count). The Morgan fingerprint density at radius 3 is 2.48 bits per heavy atom. The zero-order valence-corrected chi connectivity index (χ0v) is 13.6. The number of rotatable bonds is 6. The van der Waals surface area contributed by atoms with Gasteiger partial charge < -0.3 is 10.2 Å². The van der Waals surface area contributed by atoms with Crippen LogP contribution in [-0.4, -0.2) is 55.6 Å². The van der Waals surface area contributed by atoms with Crippen molar-refractivity contribution in [2.75, 3.05) is 33.7 Å². The SMILES string of the molecule is CC1CN(C(CNC2CC2)c2ccccc2)CC1N(C)C. The van der Waals surface area contributed by atoms with Crippen LogP contribution >= 0.6 is 0 Å². The largest absolute Gasteiger partial charge is 0.312 e. The van der Waals surface area contributed by atoms with Crippen LogP contribution in [0.15, 0.2) is 30.3 Å². The van der Waals surface area contributed by atoms with Crippen molar-refractivity contribution in [1.82, 2.24) is 15.1 Å². The lowest BCUT2D eigenvalue weighted by atomic mass is 10.1. The highest BCUT2D eigenvalue weighted by atomic mass is 15.3. The van der Waals surface area contributed by atoms with Gasteiger partial charge in [-0.3, -0.25) is 4.90 Å². The number of hydrogen-bond acceptors (Lipinski definition) is 3. The zero-order valence-electron chi connectivity index (χ0n) is 13.6. The minimum absolute atomic E-state index is 0.513. The molecule has 116 valence electrons. The molecule has 1 aromatic rings. The normalized spacial score (nSPS) is 28.2. The Kier molecular flexibility index (Phi) is 4.63. The summed E-state index contributed by atoms with van der Waals surface area (Å²) in [7, 11) is 4.43. The first kappa shape index (κ1) is 15.0. The fraction of sp³-hybridized carbons (Fsp3) is 0.667. The molecule has 0 radical (unpaired) electrons. The molecular weight excluding hydrogens is 258 g/mol. The van der Waals surface area contributed by atoms with E-state index >= 15 is 0 Å². The van der Waals surface area contributed by atoms with E-state index in [1.54, 1.807) is 0 Å². The van der Waals surface area contributed by atoms with E-state index in [9.17, 15) is 0 Å². The molecule has 2 fully saturated rings. The summed E-state index contributed by atoms with van der Waals surface area (Å²) in [4.78, 5) is 5.07. The van der Waals surface area contributed by atoms with Crippen LogP contribution in [0.2, 0.25) is 0 Å². The van der Waals surface area contributed by atoms with E-state index in [0.717, 1.165) is 18.5 Å². The highest BCUT2D eigenvalue weighted by Crippen LogP contribution is 2.30. The van der Waals surface area contributed by atoms with E-state index in [1.807, 2.05) is 0 Å². The van der Waals surface area contributed by atoms with Gasteiger partial charge >= 0.3 is 0 Å². The van der Waals surface area contributed by atoms with Crippen LogP contribution in [0.4, 0.5) is 0 Å². The number of likely N-dealkylation sites (tertiary alicyclic amines) is 1. The van der Waals surface area contributed by atoms with Gasteiger partial charge in [0, 0.05) is 37.8 Å². The fourth-order valence-corrected chi connectivity index (χ4v) is 3.61. The van der Waals surface area contributed by atoms with Crippen LogP contribution in [0, 0.1) is 5.92 Å². The molecule has 3 nitrogen and oxygen atoms in total. The number of likely N-dealkylation sites (N-methyl/N-ethyl adjacent to an activating group) is 1. The Morgan fingerprint density at radius 1 is 1.19 bits per heavy atom. The summed E-state index contributed by atoms with van der Waals surface area (Å²) < 4.78 is 0. The summed E-state index contributed by atoms with van der Waals surface area (Å²) >= 11 is 0. The van der Waals surface area contributed by atoms with Crippen molar-refractivity contribution in [1.29, 1.82) is 0 Å². The van der Waals surface area contributed by atoms with Crippen molar-refractivity contribution < 1.29 is 0 Å². The van der Waals surface area contributed by atoms with Crippen molar-refractivity contribution in [3.63, 3.8) is 0 Å². The van der Waals surface area contributed by atoms with Gasteiger partial charge in [-0.15, -0.1) is 0 Å². The molecule has 0 amide bonds. The molecule has 1 saturated carbocycles. The number of nitrogens with zero attached hydrogens (tertiary/aromatic N) is 2. The second-order valence-corrected chi connectivity index (χ2v) is 7.07. The maximum absolute atomic E-state index is 3.74. The van der Waals surface area contributed by atoms with Gasteiger partial charge in [0.1, 0.15) is 0 Å². The van der Waals surface area contributed by atoms with E-state index in [1.165, 1.54) is 31.5 Å². The summed E-state index contributed by atoms with van der Waals surface area (Å²) in [6.07, 6.45) is 2.72. The van der Waals surface area contributed by atoms with Crippen molar-refractivity contribution in [3.05, 3.63) is 35.9 Å². The molecule has 1 aromatic carbocycles. The molecular formula is C18H29N3. The summed E-state index contributed by atoms with van der Waals surface area (Å²) in [5.41, 5.74) is 1.46. The molecule has 1 saturated heterocycles. The van der Waals surface area contributed by atoms with E-state index in [4.69, 9.17) is 0 Å². The van der Waals surface area contributed by atoms with Gasteiger partial charge in [-0.1, -0.05) is 37.3 Å². The third-order valence-electron chi connectivity index (χ3n) is 5.07. The van der Waals surface area contributed by atoms with Crippen molar-refractivity contribution >= 4 is 0 Å².